The van der Waals surface area contributed by atoms with Gasteiger partial charge in [-0.25, -0.2) is 0 Å². The number of benzene rings is 1. The lowest BCUT2D eigenvalue weighted by atomic mass is 9.92. The van der Waals surface area contributed by atoms with Crippen LogP contribution in [0.4, 0.5) is 0 Å². The van der Waals surface area contributed by atoms with E-state index in [9.17, 15) is 0 Å². The molecule has 122 valence electrons. The Morgan fingerprint density at radius 2 is 1.86 bits per heavy atom. The molecule has 2 fully saturated rings. The first-order valence-corrected chi connectivity index (χ1v) is 8.80. The van der Waals surface area contributed by atoms with Crippen molar-refractivity contribution >= 4 is 0 Å². The van der Waals surface area contributed by atoms with E-state index in [-0.39, 0.29) is 6.10 Å². The van der Waals surface area contributed by atoms with Crippen LogP contribution < -0.4 is 5.32 Å². The molecule has 0 saturated carbocycles. The highest BCUT2D eigenvalue weighted by molar-refractivity contribution is 5.19. The monoisotopic (exact) mass is 303 g/mol. The second-order valence-electron chi connectivity index (χ2n) is 6.85. The number of rotatable bonds is 6. The van der Waals surface area contributed by atoms with Crippen LogP contribution in [0.5, 0.6) is 0 Å². The Balaban J connectivity index is 1.45. The zero-order valence-corrected chi connectivity index (χ0v) is 13.7. The van der Waals surface area contributed by atoms with Crippen LogP contribution >= 0.6 is 0 Å². The van der Waals surface area contributed by atoms with E-state index in [1.807, 2.05) is 0 Å². The minimum absolute atomic E-state index is 0.268. The van der Waals surface area contributed by atoms with Gasteiger partial charge in [-0.05, 0) is 44.1 Å². The third-order valence-corrected chi connectivity index (χ3v) is 5.10. The molecular formula is C19H29NO2. The molecule has 2 heterocycles. The first kappa shape index (κ1) is 16.0. The molecule has 2 aliphatic heterocycles. The molecule has 0 spiro atoms. The molecule has 0 aliphatic carbocycles. The van der Waals surface area contributed by atoms with Crippen LogP contribution in [0.2, 0.25) is 0 Å². The molecule has 0 radical (unpaired) electrons. The van der Waals surface area contributed by atoms with E-state index < -0.39 is 0 Å². The fourth-order valence-corrected chi connectivity index (χ4v) is 3.77. The van der Waals surface area contributed by atoms with Gasteiger partial charge in [0.1, 0.15) is 0 Å². The number of hydrogen-bond donors (Lipinski definition) is 1. The quantitative estimate of drug-likeness (QED) is 0.871. The van der Waals surface area contributed by atoms with Crippen LogP contribution in [0.1, 0.15) is 44.3 Å². The molecule has 3 atom stereocenters. The second-order valence-corrected chi connectivity index (χ2v) is 6.85. The van der Waals surface area contributed by atoms with Crippen LogP contribution in [0.3, 0.4) is 0 Å². The molecule has 0 aromatic heterocycles. The summed E-state index contributed by atoms with van der Waals surface area (Å²) in [6.07, 6.45) is 5.16. The Kier molecular flexibility index (Phi) is 5.88. The highest BCUT2D eigenvalue weighted by atomic mass is 16.5. The fraction of sp³-hybridized carbons (Fsp3) is 0.684. The third-order valence-electron chi connectivity index (χ3n) is 5.10. The summed E-state index contributed by atoms with van der Waals surface area (Å²) < 4.78 is 11.4. The highest BCUT2D eigenvalue weighted by Crippen LogP contribution is 2.34. The van der Waals surface area contributed by atoms with Gasteiger partial charge in [0.2, 0.25) is 0 Å². The molecule has 1 aromatic rings. The van der Waals surface area contributed by atoms with E-state index in [4.69, 9.17) is 9.47 Å². The molecule has 2 saturated heterocycles. The molecule has 1 aromatic carbocycles. The molecule has 0 bridgehead atoms. The molecule has 22 heavy (non-hydrogen) atoms. The SMILES string of the molecule is C[C@@H](CC1CCOCC1)NC[C@H]1CCO[C@@H]1c1ccccc1. The normalized spacial score (nSPS) is 27.9. The van der Waals surface area contributed by atoms with Gasteiger partial charge in [0, 0.05) is 38.3 Å². The van der Waals surface area contributed by atoms with Crippen molar-refractivity contribution in [2.75, 3.05) is 26.4 Å². The maximum absolute atomic E-state index is 5.98. The van der Waals surface area contributed by atoms with Gasteiger partial charge in [-0.1, -0.05) is 30.3 Å². The zero-order valence-electron chi connectivity index (χ0n) is 13.7. The largest absolute Gasteiger partial charge is 0.381 e. The maximum Gasteiger partial charge on any atom is 0.0866 e. The van der Waals surface area contributed by atoms with E-state index in [1.165, 1.54) is 24.8 Å². The second kappa shape index (κ2) is 8.09. The molecule has 0 unspecified atom stereocenters. The minimum Gasteiger partial charge on any atom is -0.381 e. The van der Waals surface area contributed by atoms with Crippen molar-refractivity contribution in [1.29, 1.82) is 0 Å². The number of nitrogens with one attached hydrogen (secondary N) is 1. The topological polar surface area (TPSA) is 30.5 Å². The van der Waals surface area contributed by atoms with Gasteiger partial charge >= 0.3 is 0 Å². The van der Waals surface area contributed by atoms with Gasteiger partial charge in [0.05, 0.1) is 6.10 Å². The summed E-state index contributed by atoms with van der Waals surface area (Å²) in [6, 6.07) is 11.2. The van der Waals surface area contributed by atoms with Crippen molar-refractivity contribution in [3.05, 3.63) is 35.9 Å². The van der Waals surface area contributed by atoms with E-state index in [0.717, 1.165) is 38.7 Å². The molecule has 3 nitrogen and oxygen atoms in total. The van der Waals surface area contributed by atoms with Crippen molar-refractivity contribution in [3.8, 4) is 0 Å². The van der Waals surface area contributed by atoms with Gasteiger partial charge in [-0.15, -0.1) is 0 Å². The molecule has 0 amide bonds. The molecule has 3 rings (SSSR count). The van der Waals surface area contributed by atoms with Gasteiger partial charge in [-0.2, -0.15) is 0 Å². The van der Waals surface area contributed by atoms with Crippen molar-refractivity contribution in [1.82, 2.24) is 5.32 Å². The lowest BCUT2D eigenvalue weighted by Crippen LogP contribution is -2.34. The lowest BCUT2D eigenvalue weighted by Gasteiger charge is -2.27. The zero-order chi connectivity index (χ0) is 15.2. The van der Waals surface area contributed by atoms with E-state index in [0.29, 0.717) is 12.0 Å². The standard InChI is InChI=1S/C19H29NO2/c1-15(13-16-7-10-21-11-8-16)20-14-18-9-12-22-19(18)17-5-3-2-4-6-17/h2-6,15-16,18-20H,7-14H2,1H3/t15-,18+,19+/m0/s1. The van der Waals surface area contributed by atoms with Crippen LogP contribution in [0.25, 0.3) is 0 Å². The summed E-state index contributed by atoms with van der Waals surface area (Å²) in [4.78, 5) is 0. The van der Waals surface area contributed by atoms with Crippen LogP contribution in [0.15, 0.2) is 30.3 Å². The highest BCUT2D eigenvalue weighted by Gasteiger charge is 2.29. The van der Waals surface area contributed by atoms with E-state index >= 15 is 0 Å². The van der Waals surface area contributed by atoms with Gasteiger partial charge < -0.3 is 14.8 Å². The number of ether oxygens (including phenoxy) is 2. The number of hydrogen-bond acceptors (Lipinski definition) is 3. The maximum atomic E-state index is 5.98. The summed E-state index contributed by atoms with van der Waals surface area (Å²) in [7, 11) is 0. The van der Waals surface area contributed by atoms with Crippen molar-refractivity contribution in [3.63, 3.8) is 0 Å². The van der Waals surface area contributed by atoms with E-state index in [1.54, 1.807) is 0 Å². The Labute approximate surface area is 134 Å². The molecule has 3 heteroatoms. The third kappa shape index (κ3) is 4.31. The van der Waals surface area contributed by atoms with Crippen molar-refractivity contribution < 1.29 is 9.47 Å². The molecule has 1 N–H and O–H groups in total. The summed E-state index contributed by atoms with van der Waals surface area (Å²) >= 11 is 0. The Hall–Kier alpha value is -0.900. The summed E-state index contributed by atoms with van der Waals surface area (Å²) in [5.74, 6) is 1.43. The Morgan fingerprint density at radius 1 is 1.09 bits per heavy atom. The molecular weight excluding hydrogens is 274 g/mol. The van der Waals surface area contributed by atoms with Crippen LogP contribution in [0, 0.1) is 11.8 Å². The summed E-state index contributed by atoms with van der Waals surface area (Å²) in [6.45, 7) is 6.17. The van der Waals surface area contributed by atoms with Crippen molar-refractivity contribution in [2.24, 2.45) is 11.8 Å². The predicted molar refractivity (Wildman–Crippen MR) is 88.9 cm³/mol. The minimum atomic E-state index is 0.268. The fourth-order valence-electron chi connectivity index (χ4n) is 3.77. The average molecular weight is 303 g/mol. The van der Waals surface area contributed by atoms with Gasteiger partial charge in [0.15, 0.2) is 0 Å². The predicted octanol–water partition coefficient (Wildman–Crippen LogP) is 3.56. The van der Waals surface area contributed by atoms with Gasteiger partial charge in [-0.3, -0.25) is 0 Å². The average Bonchev–Trinajstić information content (AvgIpc) is 3.03. The summed E-state index contributed by atoms with van der Waals surface area (Å²) in [5.41, 5.74) is 1.32. The van der Waals surface area contributed by atoms with Crippen LogP contribution in [-0.4, -0.2) is 32.4 Å². The van der Waals surface area contributed by atoms with Crippen molar-refractivity contribution in [2.45, 2.75) is 44.8 Å². The lowest BCUT2D eigenvalue weighted by molar-refractivity contribution is 0.0604. The first-order valence-electron chi connectivity index (χ1n) is 8.80. The summed E-state index contributed by atoms with van der Waals surface area (Å²) in [5, 5.41) is 3.75. The smallest absolute Gasteiger partial charge is 0.0866 e. The Bertz CT molecular complexity index is 430. The van der Waals surface area contributed by atoms with Crippen LogP contribution in [-0.2, 0) is 9.47 Å². The Morgan fingerprint density at radius 3 is 2.64 bits per heavy atom. The van der Waals surface area contributed by atoms with E-state index in [2.05, 4.69) is 42.6 Å². The van der Waals surface area contributed by atoms with Gasteiger partial charge in [0.25, 0.3) is 0 Å². The first-order chi connectivity index (χ1) is 10.8. The molecule has 2 aliphatic rings.